The Balaban J connectivity index is 2.43. The summed E-state index contributed by atoms with van der Waals surface area (Å²) in [5.41, 5.74) is 0.765. The van der Waals surface area contributed by atoms with Gasteiger partial charge in [0.05, 0.1) is 14.6 Å². The Bertz CT molecular complexity index is 657. The average molecular weight is 423 g/mol. The number of hydrogen-bond acceptors (Lipinski definition) is 2. The van der Waals surface area contributed by atoms with Crippen LogP contribution in [0.5, 0.6) is 0 Å². The minimum atomic E-state index is -0.316. The number of benzene rings is 1. The van der Waals surface area contributed by atoms with Gasteiger partial charge in [-0.1, -0.05) is 6.07 Å². The summed E-state index contributed by atoms with van der Waals surface area (Å²) in [4.78, 5) is 16.1. The van der Waals surface area contributed by atoms with E-state index in [1.165, 1.54) is 6.07 Å². The summed E-state index contributed by atoms with van der Waals surface area (Å²) in [5, 5.41) is 0. The lowest BCUT2D eigenvalue weighted by molar-refractivity contribution is 0.618. The van der Waals surface area contributed by atoms with E-state index in [4.69, 9.17) is 0 Å². The van der Waals surface area contributed by atoms with Crippen molar-refractivity contribution in [2.75, 3.05) is 0 Å². The van der Waals surface area contributed by atoms with Gasteiger partial charge in [0.25, 0.3) is 5.56 Å². The summed E-state index contributed by atoms with van der Waals surface area (Å²) in [6, 6.07) is 4.70. The molecule has 2 aromatic rings. The van der Waals surface area contributed by atoms with Crippen LogP contribution in [0.1, 0.15) is 11.4 Å². The van der Waals surface area contributed by atoms with Crippen LogP contribution in [-0.2, 0) is 6.54 Å². The molecule has 1 heterocycles. The van der Waals surface area contributed by atoms with Crippen LogP contribution < -0.4 is 5.56 Å². The van der Waals surface area contributed by atoms with E-state index in [0.29, 0.717) is 20.4 Å². The molecule has 1 aromatic heterocycles. The van der Waals surface area contributed by atoms with Crippen molar-refractivity contribution in [1.29, 1.82) is 0 Å². The highest BCUT2D eigenvalue weighted by Crippen LogP contribution is 2.17. The molecule has 0 radical (unpaired) electrons. The van der Waals surface area contributed by atoms with Crippen molar-refractivity contribution in [2.24, 2.45) is 0 Å². The largest absolute Gasteiger partial charge is 0.292 e. The van der Waals surface area contributed by atoms with E-state index in [9.17, 15) is 9.18 Å². The summed E-state index contributed by atoms with van der Waals surface area (Å²) < 4.78 is 15.7. The molecular weight excluding hydrogens is 414 g/mol. The summed E-state index contributed by atoms with van der Waals surface area (Å²) >= 11 is 5.09. The van der Waals surface area contributed by atoms with Crippen LogP contribution in [0.25, 0.3) is 0 Å². The lowest BCUT2D eigenvalue weighted by atomic mass is 10.2. The van der Waals surface area contributed by atoms with E-state index in [1.807, 2.05) is 22.6 Å². The Morgan fingerprint density at radius 2 is 2.22 bits per heavy atom. The number of rotatable bonds is 2. The lowest BCUT2D eigenvalue weighted by Crippen LogP contribution is -2.26. The van der Waals surface area contributed by atoms with Crippen LogP contribution in [0, 0.1) is 16.3 Å². The van der Waals surface area contributed by atoms with E-state index in [-0.39, 0.29) is 11.4 Å². The van der Waals surface area contributed by atoms with Gasteiger partial charge >= 0.3 is 0 Å². The van der Waals surface area contributed by atoms with Gasteiger partial charge in [-0.3, -0.25) is 9.36 Å². The molecule has 0 atom stereocenters. The van der Waals surface area contributed by atoms with Crippen LogP contribution in [0.2, 0.25) is 0 Å². The summed E-state index contributed by atoms with van der Waals surface area (Å²) in [5.74, 6) is 0.324. The Morgan fingerprint density at radius 1 is 1.50 bits per heavy atom. The van der Waals surface area contributed by atoms with E-state index < -0.39 is 0 Å². The van der Waals surface area contributed by atoms with Crippen molar-refractivity contribution in [3.8, 4) is 0 Å². The van der Waals surface area contributed by atoms with E-state index in [0.717, 1.165) is 5.56 Å². The van der Waals surface area contributed by atoms with Crippen molar-refractivity contribution >= 4 is 38.5 Å². The smallest absolute Gasteiger partial charge is 0.267 e. The first-order valence-corrected chi connectivity index (χ1v) is 7.02. The Morgan fingerprint density at radius 3 is 2.89 bits per heavy atom. The molecule has 18 heavy (non-hydrogen) atoms. The first kappa shape index (κ1) is 13.7. The molecular formula is C12H9BrFIN2O. The maximum atomic E-state index is 13.1. The fourth-order valence-electron chi connectivity index (χ4n) is 1.56. The number of halogens is 3. The van der Waals surface area contributed by atoms with Crippen LogP contribution in [0.4, 0.5) is 4.39 Å². The summed E-state index contributed by atoms with van der Waals surface area (Å²) in [6.07, 6.45) is 1.55. The molecule has 0 amide bonds. The molecule has 0 bridgehead atoms. The van der Waals surface area contributed by atoms with Crippen LogP contribution in [-0.4, -0.2) is 9.55 Å². The molecule has 0 unspecified atom stereocenters. The van der Waals surface area contributed by atoms with Crippen LogP contribution in [0.3, 0.4) is 0 Å². The Hall–Kier alpha value is -0.760. The molecule has 0 saturated carbocycles. The molecule has 0 N–H and O–H groups in total. The fraction of sp³-hybridized carbons (Fsp3) is 0.167. The highest BCUT2D eigenvalue weighted by molar-refractivity contribution is 14.1. The molecule has 1 aromatic carbocycles. The van der Waals surface area contributed by atoms with Crippen LogP contribution >= 0.6 is 38.5 Å². The predicted molar refractivity (Wildman–Crippen MR) is 79.2 cm³/mol. The van der Waals surface area contributed by atoms with Gasteiger partial charge in [0.1, 0.15) is 11.6 Å². The molecule has 94 valence electrons. The van der Waals surface area contributed by atoms with Crippen molar-refractivity contribution < 1.29 is 4.39 Å². The third-order valence-corrected chi connectivity index (χ3v) is 3.88. The quantitative estimate of drug-likeness (QED) is 0.697. The average Bonchev–Trinajstić information content (AvgIpc) is 2.34. The third kappa shape index (κ3) is 2.80. The zero-order chi connectivity index (χ0) is 13.3. The zero-order valence-corrected chi connectivity index (χ0v) is 13.2. The van der Waals surface area contributed by atoms with Gasteiger partial charge in [-0.15, -0.1) is 0 Å². The molecule has 0 spiro atoms. The van der Waals surface area contributed by atoms with E-state index >= 15 is 0 Å². The predicted octanol–water partition coefficient (Wildman–Crippen LogP) is 3.11. The van der Waals surface area contributed by atoms with Crippen molar-refractivity contribution in [3.05, 3.63) is 60.0 Å². The standard InChI is InChI=1S/C12H9BrFIN2O/c1-7-16-5-11(15)12(18)17(7)6-8-2-3-10(14)9(13)4-8/h2-5H,6H2,1H3. The number of nitrogens with zero attached hydrogens (tertiary/aromatic N) is 2. The van der Waals surface area contributed by atoms with Gasteiger partial charge in [-0.05, 0) is 63.1 Å². The minimum absolute atomic E-state index is 0.0800. The highest BCUT2D eigenvalue weighted by atomic mass is 127. The van der Waals surface area contributed by atoms with Crippen molar-refractivity contribution in [3.63, 3.8) is 0 Å². The number of hydrogen-bond donors (Lipinski definition) is 0. The molecule has 0 saturated heterocycles. The Kier molecular flexibility index (Phi) is 4.16. The second-order valence-corrected chi connectivity index (χ2v) is 5.81. The molecule has 2 rings (SSSR count). The molecule has 0 fully saturated rings. The van der Waals surface area contributed by atoms with Gasteiger partial charge in [0, 0.05) is 6.20 Å². The molecule has 0 aliphatic heterocycles. The molecule has 6 heteroatoms. The second-order valence-electron chi connectivity index (χ2n) is 3.79. The van der Waals surface area contributed by atoms with E-state index in [1.54, 1.807) is 29.8 Å². The van der Waals surface area contributed by atoms with Crippen molar-refractivity contribution in [2.45, 2.75) is 13.5 Å². The fourth-order valence-corrected chi connectivity index (χ4v) is 2.41. The summed E-state index contributed by atoms with van der Waals surface area (Å²) in [6.45, 7) is 2.16. The third-order valence-electron chi connectivity index (χ3n) is 2.53. The Labute approximate surface area is 125 Å². The van der Waals surface area contributed by atoms with Crippen molar-refractivity contribution in [1.82, 2.24) is 9.55 Å². The van der Waals surface area contributed by atoms with E-state index in [2.05, 4.69) is 20.9 Å². The topological polar surface area (TPSA) is 34.9 Å². The maximum Gasteiger partial charge on any atom is 0.267 e. The molecule has 3 nitrogen and oxygen atoms in total. The number of aryl methyl sites for hydroxylation is 1. The van der Waals surface area contributed by atoms with Gasteiger partial charge in [-0.25, -0.2) is 9.37 Å². The second kappa shape index (κ2) is 5.48. The van der Waals surface area contributed by atoms with Gasteiger partial charge in [0.2, 0.25) is 0 Å². The number of aromatic nitrogens is 2. The minimum Gasteiger partial charge on any atom is -0.292 e. The SMILES string of the molecule is Cc1ncc(I)c(=O)n1Cc1ccc(F)c(Br)c1. The lowest BCUT2D eigenvalue weighted by Gasteiger charge is -2.10. The maximum absolute atomic E-state index is 13.1. The first-order valence-electron chi connectivity index (χ1n) is 5.15. The monoisotopic (exact) mass is 422 g/mol. The van der Waals surface area contributed by atoms with Gasteiger partial charge in [0.15, 0.2) is 0 Å². The van der Waals surface area contributed by atoms with Gasteiger partial charge < -0.3 is 0 Å². The zero-order valence-electron chi connectivity index (χ0n) is 9.45. The first-order chi connectivity index (χ1) is 8.49. The molecule has 0 aliphatic rings. The normalized spacial score (nSPS) is 10.7. The van der Waals surface area contributed by atoms with Gasteiger partial charge in [-0.2, -0.15) is 0 Å². The van der Waals surface area contributed by atoms with Crippen LogP contribution in [0.15, 0.2) is 33.7 Å². The molecule has 0 aliphatic carbocycles. The summed E-state index contributed by atoms with van der Waals surface area (Å²) in [7, 11) is 0. The highest BCUT2D eigenvalue weighted by Gasteiger charge is 2.07.